The van der Waals surface area contributed by atoms with Gasteiger partial charge < -0.3 is 0 Å². The smallest absolute Gasteiger partial charge is 0.174 e. The van der Waals surface area contributed by atoms with Crippen LogP contribution in [0.3, 0.4) is 0 Å². The maximum atomic E-state index is 11.8. The minimum absolute atomic E-state index is 0.271. The van der Waals surface area contributed by atoms with Crippen LogP contribution >= 0.6 is 27.3 Å². The molecule has 78 valence electrons. The number of rotatable bonds is 5. The van der Waals surface area contributed by atoms with Crippen LogP contribution in [0.2, 0.25) is 0 Å². The lowest BCUT2D eigenvalue weighted by Crippen LogP contribution is -2.04. The topological polar surface area (TPSA) is 17.1 Å². The van der Waals surface area contributed by atoms with E-state index in [2.05, 4.69) is 29.8 Å². The van der Waals surface area contributed by atoms with Crippen molar-refractivity contribution in [1.82, 2.24) is 0 Å². The number of hydrogen-bond acceptors (Lipinski definition) is 2. The van der Waals surface area contributed by atoms with Gasteiger partial charge in [0.25, 0.3) is 0 Å². The first-order valence-corrected chi connectivity index (χ1v) is 6.58. The van der Waals surface area contributed by atoms with Gasteiger partial charge in [-0.3, -0.25) is 4.79 Å². The second kappa shape index (κ2) is 5.66. The van der Waals surface area contributed by atoms with E-state index in [0.717, 1.165) is 22.2 Å². The van der Waals surface area contributed by atoms with Crippen molar-refractivity contribution >= 4 is 33.0 Å². The third-order valence-corrected chi connectivity index (χ3v) is 4.06. The summed E-state index contributed by atoms with van der Waals surface area (Å²) in [5, 5.41) is 1.95. The van der Waals surface area contributed by atoms with Crippen LogP contribution in [0.4, 0.5) is 0 Å². The van der Waals surface area contributed by atoms with Crippen LogP contribution < -0.4 is 0 Å². The molecule has 0 aliphatic heterocycles. The number of thiophene rings is 1. The first-order chi connectivity index (χ1) is 6.65. The Morgan fingerprint density at radius 1 is 1.64 bits per heavy atom. The van der Waals surface area contributed by atoms with Gasteiger partial charge in [-0.1, -0.05) is 26.7 Å². The zero-order valence-electron chi connectivity index (χ0n) is 8.55. The molecule has 1 aromatic rings. The number of carbonyl (C=O) groups is 1. The standard InChI is InChI=1S/C11H15BrOS/c1-3-4-8(2)7-10(13)11-9(12)5-6-14-11/h5-6,8H,3-4,7H2,1-2H3. The van der Waals surface area contributed by atoms with Gasteiger partial charge >= 0.3 is 0 Å². The summed E-state index contributed by atoms with van der Waals surface area (Å²) in [5.74, 6) is 0.773. The Morgan fingerprint density at radius 2 is 2.36 bits per heavy atom. The van der Waals surface area contributed by atoms with Gasteiger partial charge in [0, 0.05) is 10.9 Å². The van der Waals surface area contributed by atoms with Crippen molar-refractivity contribution in [2.24, 2.45) is 5.92 Å². The first kappa shape index (κ1) is 11.9. The van der Waals surface area contributed by atoms with Crippen LogP contribution in [0.5, 0.6) is 0 Å². The molecule has 1 atom stereocenters. The number of Topliss-reactive ketones (excluding diaryl/α,β-unsaturated/α-hetero) is 1. The van der Waals surface area contributed by atoms with Gasteiger partial charge in [0.1, 0.15) is 0 Å². The summed E-state index contributed by atoms with van der Waals surface area (Å²) in [6.45, 7) is 4.30. The highest BCUT2D eigenvalue weighted by Gasteiger charge is 2.14. The molecule has 1 unspecified atom stereocenters. The molecular weight excluding hydrogens is 260 g/mol. The summed E-state index contributed by atoms with van der Waals surface area (Å²) in [6.07, 6.45) is 2.96. The molecule has 1 aromatic heterocycles. The fraction of sp³-hybridized carbons (Fsp3) is 0.545. The van der Waals surface area contributed by atoms with Crippen LogP contribution in [0.1, 0.15) is 42.8 Å². The molecule has 0 N–H and O–H groups in total. The van der Waals surface area contributed by atoms with Gasteiger partial charge in [-0.15, -0.1) is 11.3 Å². The maximum Gasteiger partial charge on any atom is 0.174 e. The summed E-state index contributed by atoms with van der Waals surface area (Å²) >= 11 is 4.91. The summed E-state index contributed by atoms with van der Waals surface area (Å²) in [7, 11) is 0. The number of halogens is 1. The molecule has 0 aromatic carbocycles. The number of ketones is 1. The van der Waals surface area contributed by atoms with E-state index in [1.54, 1.807) is 0 Å². The van der Waals surface area contributed by atoms with Crippen molar-refractivity contribution in [3.05, 3.63) is 20.8 Å². The normalized spacial score (nSPS) is 12.8. The van der Waals surface area contributed by atoms with Crippen LogP contribution in [-0.4, -0.2) is 5.78 Å². The van der Waals surface area contributed by atoms with Crippen molar-refractivity contribution in [2.45, 2.75) is 33.1 Å². The maximum absolute atomic E-state index is 11.8. The molecule has 0 spiro atoms. The van der Waals surface area contributed by atoms with Gasteiger partial charge in [0.15, 0.2) is 5.78 Å². The quantitative estimate of drug-likeness (QED) is 0.722. The Bertz CT molecular complexity index is 306. The minimum Gasteiger partial charge on any atom is -0.293 e. The van der Waals surface area contributed by atoms with E-state index in [0.29, 0.717) is 12.3 Å². The molecular formula is C11H15BrOS. The van der Waals surface area contributed by atoms with E-state index in [9.17, 15) is 4.79 Å². The number of carbonyl (C=O) groups excluding carboxylic acids is 1. The molecule has 0 saturated heterocycles. The molecule has 14 heavy (non-hydrogen) atoms. The van der Waals surface area contributed by atoms with Crippen molar-refractivity contribution in [3.8, 4) is 0 Å². The second-order valence-electron chi connectivity index (χ2n) is 3.62. The Labute approximate surface area is 97.7 Å². The third-order valence-electron chi connectivity index (χ3n) is 2.19. The fourth-order valence-electron chi connectivity index (χ4n) is 1.50. The zero-order chi connectivity index (χ0) is 10.6. The Balaban J connectivity index is 2.55. The average Bonchev–Trinajstić information content (AvgIpc) is 2.51. The van der Waals surface area contributed by atoms with Crippen molar-refractivity contribution in [3.63, 3.8) is 0 Å². The summed E-state index contributed by atoms with van der Waals surface area (Å²) in [6, 6.07) is 1.93. The molecule has 0 saturated carbocycles. The Hall–Kier alpha value is -0.150. The molecule has 0 radical (unpaired) electrons. The van der Waals surface area contributed by atoms with Crippen LogP contribution in [0.25, 0.3) is 0 Å². The van der Waals surface area contributed by atoms with Crippen LogP contribution in [0.15, 0.2) is 15.9 Å². The Morgan fingerprint density at radius 3 is 2.86 bits per heavy atom. The lowest BCUT2D eigenvalue weighted by molar-refractivity contribution is 0.0966. The summed E-state index contributed by atoms with van der Waals surface area (Å²) < 4.78 is 0.941. The zero-order valence-corrected chi connectivity index (χ0v) is 11.0. The highest BCUT2D eigenvalue weighted by Crippen LogP contribution is 2.25. The summed E-state index contributed by atoms with van der Waals surface area (Å²) in [4.78, 5) is 12.7. The fourth-order valence-corrected chi connectivity index (χ4v) is 3.04. The van der Waals surface area contributed by atoms with Crippen LogP contribution in [-0.2, 0) is 0 Å². The van der Waals surface area contributed by atoms with E-state index in [1.807, 2.05) is 11.4 Å². The van der Waals surface area contributed by atoms with Crippen molar-refractivity contribution in [1.29, 1.82) is 0 Å². The number of hydrogen-bond donors (Lipinski definition) is 0. The van der Waals surface area contributed by atoms with Gasteiger partial charge in [-0.25, -0.2) is 0 Å². The molecule has 1 nitrogen and oxygen atoms in total. The lowest BCUT2D eigenvalue weighted by Gasteiger charge is -2.07. The SMILES string of the molecule is CCCC(C)CC(=O)c1sccc1Br. The molecule has 0 aliphatic rings. The molecule has 0 amide bonds. The van der Waals surface area contributed by atoms with E-state index < -0.39 is 0 Å². The van der Waals surface area contributed by atoms with E-state index in [4.69, 9.17) is 0 Å². The predicted octanol–water partition coefficient (Wildman–Crippen LogP) is 4.52. The summed E-state index contributed by atoms with van der Waals surface area (Å²) in [5.41, 5.74) is 0. The predicted molar refractivity (Wildman–Crippen MR) is 65.0 cm³/mol. The third kappa shape index (κ3) is 3.21. The molecule has 0 bridgehead atoms. The van der Waals surface area contributed by atoms with Crippen LogP contribution in [0, 0.1) is 5.92 Å². The molecule has 0 aliphatic carbocycles. The molecule has 1 rings (SSSR count). The first-order valence-electron chi connectivity index (χ1n) is 4.91. The van der Waals surface area contributed by atoms with E-state index >= 15 is 0 Å². The van der Waals surface area contributed by atoms with Gasteiger partial charge in [0.05, 0.1) is 4.88 Å². The molecule has 0 fully saturated rings. The minimum atomic E-state index is 0.271. The molecule has 1 heterocycles. The van der Waals surface area contributed by atoms with Gasteiger partial charge in [-0.2, -0.15) is 0 Å². The van der Waals surface area contributed by atoms with Crippen molar-refractivity contribution < 1.29 is 4.79 Å². The average molecular weight is 275 g/mol. The van der Waals surface area contributed by atoms with Crippen molar-refractivity contribution in [2.75, 3.05) is 0 Å². The second-order valence-corrected chi connectivity index (χ2v) is 5.39. The highest BCUT2D eigenvalue weighted by molar-refractivity contribution is 9.10. The largest absolute Gasteiger partial charge is 0.293 e. The van der Waals surface area contributed by atoms with E-state index in [-0.39, 0.29) is 5.78 Å². The molecule has 3 heteroatoms. The van der Waals surface area contributed by atoms with Gasteiger partial charge in [0.2, 0.25) is 0 Å². The Kier molecular flexibility index (Phi) is 4.82. The lowest BCUT2D eigenvalue weighted by atomic mass is 9.99. The van der Waals surface area contributed by atoms with E-state index in [1.165, 1.54) is 11.3 Å². The van der Waals surface area contributed by atoms with Gasteiger partial charge in [-0.05, 0) is 33.3 Å². The monoisotopic (exact) mass is 274 g/mol. The highest BCUT2D eigenvalue weighted by atomic mass is 79.9.